The van der Waals surface area contributed by atoms with E-state index in [0.717, 1.165) is 16.7 Å². The van der Waals surface area contributed by atoms with Gasteiger partial charge < -0.3 is 9.73 Å². The van der Waals surface area contributed by atoms with E-state index in [1.165, 1.54) is 6.07 Å². The Balaban J connectivity index is 1.91. The van der Waals surface area contributed by atoms with Gasteiger partial charge in [0, 0.05) is 25.0 Å². The second-order valence-corrected chi connectivity index (χ2v) is 5.47. The lowest BCUT2D eigenvalue weighted by Gasteiger charge is -2.07. The molecule has 0 radical (unpaired) electrons. The minimum Gasteiger partial charge on any atom is -0.450 e. The van der Waals surface area contributed by atoms with Gasteiger partial charge in [-0.3, -0.25) is 14.6 Å². The first kappa shape index (κ1) is 15.0. The van der Waals surface area contributed by atoms with Crippen molar-refractivity contribution in [2.24, 2.45) is 0 Å². The lowest BCUT2D eigenvalue weighted by molar-refractivity contribution is 0.0923. The highest BCUT2D eigenvalue weighted by Gasteiger charge is 2.13. The average Bonchev–Trinajstić information content (AvgIpc) is 2.54. The molecular weight excluding hydrogens is 292 g/mol. The van der Waals surface area contributed by atoms with E-state index in [1.54, 1.807) is 18.5 Å². The maximum atomic E-state index is 12.2. The summed E-state index contributed by atoms with van der Waals surface area (Å²) in [5.74, 6) is -0.399. The first-order chi connectivity index (χ1) is 11.0. The van der Waals surface area contributed by atoms with Crippen molar-refractivity contribution in [2.45, 2.75) is 20.4 Å². The summed E-state index contributed by atoms with van der Waals surface area (Å²) in [5, 5.41) is 3.23. The minimum absolute atomic E-state index is 0.0171. The van der Waals surface area contributed by atoms with E-state index in [0.29, 0.717) is 17.5 Å². The zero-order valence-electron chi connectivity index (χ0n) is 12.9. The van der Waals surface area contributed by atoms with Crippen LogP contribution in [-0.2, 0) is 6.54 Å². The summed E-state index contributed by atoms with van der Waals surface area (Å²) in [7, 11) is 0. The maximum absolute atomic E-state index is 12.2. The van der Waals surface area contributed by atoms with E-state index >= 15 is 0 Å². The number of hydrogen-bond acceptors (Lipinski definition) is 4. The second kappa shape index (κ2) is 6.04. The Labute approximate surface area is 133 Å². The van der Waals surface area contributed by atoms with Gasteiger partial charge >= 0.3 is 0 Å². The molecular formula is C18H16N2O3. The largest absolute Gasteiger partial charge is 0.450 e. The van der Waals surface area contributed by atoms with Crippen LogP contribution in [0.2, 0.25) is 0 Å². The van der Waals surface area contributed by atoms with Crippen LogP contribution in [0.15, 0.2) is 51.9 Å². The lowest BCUT2D eigenvalue weighted by Crippen LogP contribution is -2.24. The van der Waals surface area contributed by atoms with Crippen LogP contribution in [0.1, 0.15) is 27.2 Å². The number of aromatic nitrogens is 1. The first-order valence-electron chi connectivity index (χ1n) is 7.27. The van der Waals surface area contributed by atoms with Gasteiger partial charge in [0.1, 0.15) is 5.58 Å². The van der Waals surface area contributed by atoms with Gasteiger partial charge in [-0.25, -0.2) is 0 Å². The van der Waals surface area contributed by atoms with Crippen LogP contribution in [0, 0.1) is 13.8 Å². The van der Waals surface area contributed by atoms with E-state index in [9.17, 15) is 9.59 Å². The van der Waals surface area contributed by atoms with Crippen LogP contribution in [0.4, 0.5) is 0 Å². The highest BCUT2D eigenvalue weighted by molar-refractivity contribution is 5.93. The predicted molar refractivity (Wildman–Crippen MR) is 87.4 cm³/mol. The van der Waals surface area contributed by atoms with E-state index in [1.807, 2.05) is 32.0 Å². The molecule has 1 aromatic carbocycles. The molecule has 0 atom stereocenters. The molecule has 5 heteroatoms. The Hall–Kier alpha value is -2.95. The highest BCUT2D eigenvalue weighted by Crippen LogP contribution is 2.19. The number of carbonyl (C=O) groups excluding carboxylic acids is 1. The van der Waals surface area contributed by atoms with Gasteiger partial charge in [-0.1, -0.05) is 6.07 Å². The van der Waals surface area contributed by atoms with Gasteiger partial charge in [-0.15, -0.1) is 0 Å². The summed E-state index contributed by atoms with van der Waals surface area (Å²) in [6, 6.07) is 8.55. The van der Waals surface area contributed by atoms with Gasteiger partial charge in [0.2, 0.25) is 0 Å². The number of fused-ring (bicyclic) bond motifs is 1. The number of nitrogens with one attached hydrogen (secondary N) is 1. The first-order valence-corrected chi connectivity index (χ1v) is 7.27. The third-order valence-corrected chi connectivity index (χ3v) is 3.58. The molecule has 23 heavy (non-hydrogen) atoms. The quantitative estimate of drug-likeness (QED) is 0.807. The minimum atomic E-state index is -0.416. The van der Waals surface area contributed by atoms with Crippen molar-refractivity contribution >= 4 is 16.9 Å². The fourth-order valence-corrected chi connectivity index (χ4v) is 2.49. The van der Waals surface area contributed by atoms with Crippen LogP contribution in [0.25, 0.3) is 11.0 Å². The molecule has 1 N–H and O–H groups in total. The SMILES string of the molecule is Cc1cc(C)c2oc(C(=O)NCc3ccncc3)cc(=O)c2c1. The Morgan fingerprint density at radius 1 is 1.17 bits per heavy atom. The van der Waals surface area contributed by atoms with Crippen molar-refractivity contribution in [3.63, 3.8) is 0 Å². The van der Waals surface area contributed by atoms with Gasteiger partial charge in [0.15, 0.2) is 11.2 Å². The third-order valence-electron chi connectivity index (χ3n) is 3.58. The van der Waals surface area contributed by atoms with Gasteiger partial charge in [0.25, 0.3) is 5.91 Å². The second-order valence-electron chi connectivity index (χ2n) is 5.47. The number of carbonyl (C=O) groups is 1. The molecule has 0 saturated carbocycles. The van der Waals surface area contributed by atoms with E-state index in [2.05, 4.69) is 10.3 Å². The number of amides is 1. The summed E-state index contributed by atoms with van der Waals surface area (Å²) in [6.07, 6.45) is 3.31. The lowest BCUT2D eigenvalue weighted by atomic mass is 10.1. The van der Waals surface area contributed by atoms with Crippen LogP contribution in [0.3, 0.4) is 0 Å². The molecule has 2 aromatic heterocycles. The molecule has 2 heterocycles. The molecule has 0 saturated heterocycles. The number of pyridine rings is 1. The molecule has 5 nitrogen and oxygen atoms in total. The van der Waals surface area contributed by atoms with E-state index in [-0.39, 0.29) is 11.2 Å². The monoisotopic (exact) mass is 308 g/mol. The van der Waals surface area contributed by atoms with Crippen molar-refractivity contribution in [3.05, 3.63) is 75.4 Å². The predicted octanol–water partition coefficient (Wildman–Crippen LogP) is 2.73. The summed E-state index contributed by atoms with van der Waals surface area (Å²) in [5.41, 5.74) is 2.98. The Morgan fingerprint density at radius 2 is 1.91 bits per heavy atom. The van der Waals surface area contributed by atoms with Crippen molar-refractivity contribution in [1.82, 2.24) is 10.3 Å². The average molecular weight is 308 g/mol. The Bertz CT molecular complexity index is 930. The van der Waals surface area contributed by atoms with Crippen LogP contribution >= 0.6 is 0 Å². The molecule has 0 aliphatic heterocycles. The van der Waals surface area contributed by atoms with E-state index in [4.69, 9.17) is 4.42 Å². The molecule has 0 fully saturated rings. The summed E-state index contributed by atoms with van der Waals surface area (Å²) < 4.78 is 5.65. The van der Waals surface area contributed by atoms with Gasteiger partial charge in [-0.2, -0.15) is 0 Å². The molecule has 116 valence electrons. The fraction of sp³-hybridized carbons (Fsp3) is 0.167. The van der Waals surface area contributed by atoms with Crippen LogP contribution in [-0.4, -0.2) is 10.9 Å². The number of hydrogen-bond donors (Lipinski definition) is 1. The molecule has 0 unspecified atom stereocenters. The Morgan fingerprint density at radius 3 is 2.65 bits per heavy atom. The van der Waals surface area contributed by atoms with Crippen molar-refractivity contribution < 1.29 is 9.21 Å². The van der Waals surface area contributed by atoms with Crippen molar-refractivity contribution in [3.8, 4) is 0 Å². The van der Waals surface area contributed by atoms with Crippen LogP contribution < -0.4 is 10.7 Å². The summed E-state index contributed by atoms with van der Waals surface area (Å²) in [6.45, 7) is 4.12. The van der Waals surface area contributed by atoms with Crippen LogP contribution in [0.5, 0.6) is 0 Å². The normalized spacial score (nSPS) is 10.7. The number of rotatable bonds is 3. The molecule has 3 rings (SSSR count). The summed E-state index contributed by atoms with van der Waals surface area (Å²) >= 11 is 0. The Kier molecular flexibility index (Phi) is 3.93. The summed E-state index contributed by atoms with van der Waals surface area (Å²) in [4.78, 5) is 28.4. The van der Waals surface area contributed by atoms with Crippen molar-refractivity contribution in [1.29, 1.82) is 0 Å². The zero-order chi connectivity index (χ0) is 16.4. The molecule has 0 aliphatic carbocycles. The standard InChI is InChI=1S/C18H16N2O3/c1-11-7-12(2)17-14(8-11)15(21)9-16(23-17)18(22)20-10-13-3-5-19-6-4-13/h3-9H,10H2,1-2H3,(H,20,22). The topological polar surface area (TPSA) is 72.2 Å². The number of nitrogens with zero attached hydrogens (tertiary/aromatic N) is 1. The smallest absolute Gasteiger partial charge is 0.287 e. The molecule has 1 amide bonds. The molecule has 3 aromatic rings. The zero-order valence-corrected chi connectivity index (χ0v) is 12.9. The maximum Gasteiger partial charge on any atom is 0.287 e. The van der Waals surface area contributed by atoms with Gasteiger partial charge in [0.05, 0.1) is 5.39 Å². The van der Waals surface area contributed by atoms with Gasteiger partial charge in [-0.05, 0) is 48.7 Å². The third kappa shape index (κ3) is 3.13. The van der Waals surface area contributed by atoms with E-state index < -0.39 is 5.91 Å². The molecule has 0 aliphatic rings. The number of benzene rings is 1. The fourth-order valence-electron chi connectivity index (χ4n) is 2.49. The molecule has 0 bridgehead atoms. The molecule has 0 spiro atoms. The highest BCUT2D eigenvalue weighted by atomic mass is 16.3. The van der Waals surface area contributed by atoms with Crippen molar-refractivity contribution in [2.75, 3.05) is 0 Å². The number of aryl methyl sites for hydroxylation is 2.